The third-order valence-corrected chi connectivity index (χ3v) is 3.38. The molecule has 0 saturated carbocycles. The van der Waals surface area contributed by atoms with Gasteiger partial charge in [0.05, 0.1) is 16.6 Å². The summed E-state index contributed by atoms with van der Waals surface area (Å²) >= 11 is 0. The molecule has 0 amide bonds. The summed E-state index contributed by atoms with van der Waals surface area (Å²) in [6, 6.07) is 12.6. The summed E-state index contributed by atoms with van der Waals surface area (Å²) in [5.74, 6) is 1.06. The molecule has 3 rings (SSSR count). The van der Waals surface area contributed by atoms with E-state index in [0.29, 0.717) is 22.6 Å². The van der Waals surface area contributed by atoms with Crippen molar-refractivity contribution in [1.82, 2.24) is 5.16 Å². The Kier molecular flexibility index (Phi) is 3.95. The summed E-state index contributed by atoms with van der Waals surface area (Å²) < 4.78 is 10.6. The highest BCUT2D eigenvalue weighted by Gasteiger charge is 2.22. The average molecular weight is 321 g/mol. The Morgan fingerprint density at radius 1 is 1.25 bits per heavy atom. The summed E-state index contributed by atoms with van der Waals surface area (Å²) in [6.07, 6.45) is 2.97. The predicted octanol–water partition coefficient (Wildman–Crippen LogP) is 4.19. The highest BCUT2D eigenvalue weighted by atomic mass is 16.6. The molecule has 24 heavy (non-hydrogen) atoms. The summed E-state index contributed by atoms with van der Waals surface area (Å²) in [6.45, 7) is 1.50. The molecule has 0 aliphatic heterocycles. The third-order valence-electron chi connectivity index (χ3n) is 3.38. The number of nitro groups is 1. The van der Waals surface area contributed by atoms with Crippen molar-refractivity contribution in [2.45, 2.75) is 6.92 Å². The molecule has 0 saturated heterocycles. The average Bonchev–Trinajstić information content (AvgIpc) is 3.19. The third kappa shape index (κ3) is 2.80. The normalized spacial score (nSPS) is 10.8. The van der Waals surface area contributed by atoms with Crippen LogP contribution in [0.3, 0.4) is 0 Å². The van der Waals surface area contributed by atoms with Gasteiger partial charge in [0.1, 0.15) is 11.5 Å². The van der Waals surface area contributed by atoms with Crippen LogP contribution in [0.15, 0.2) is 45.3 Å². The van der Waals surface area contributed by atoms with E-state index in [0.717, 1.165) is 0 Å². The molecule has 0 bridgehead atoms. The molecule has 0 aliphatic carbocycles. The number of nitriles is 1. The zero-order valence-corrected chi connectivity index (χ0v) is 12.6. The van der Waals surface area contributed by atoms with E-state index in [2.05, 4.69) is 11.2 Å². The molecule has 0 atom stereocenters. The topological polar surface area (TPSA) is 106 Å². The van der Waals surface area contributed by atoms with E-state index in [-0.39, 0.29) is 17.1 Å². The van der Waals surface area contributed by atoms with Crippen molar-refractivity contribution in [2.24, 2.45) is 0 Å². The largest absolute Gasteiger partial charge is 0.457 e. The van der Waals surface area contributed by atoms with Gasteiger partial charge in [-0.2, -0.15) is 5.26 Å². The van der Waals surface area contributed by atoms with Gasteiger partial charge in [0.25, 0.3) is 0 Å². The van der Waals surface area contributed by atoms with Gasteiger partial charge in [-0.3, -0.25) is 10.1 Å². The smallest absolute Gasteiger partial charge is 0.338 e. The summed E-state index contributed by atoms with van der Waals surface area (Å²) in [5, 5.41) is 23.7. The molecule has 0 radical (unpaired) electrons. The maximum atomic E-state index is 11.0. The van der Waals surface area contributed by atoms with Crippen molar-refractivity contribution in [3.63, 3.8) is 0 Å². The molecule has 1 aromatic carbocycles. The van der Waals surface area contributed by atoms with Crippen LogP contribution in [-0.4, -0.2) is 10.1 Å². The van der Waals surface area contributed by atoms with Crippen LogP contribution in [0, 0.1) is 28.4 Å². The van der Waals surface area contributed by atoms with E-state index in [4.69, 9.17) is 14.2 Å². The van der Waals surface area contributed by atoms with E-state index in [9.17, 15) is 10.1 Å². The minimum Gasteiger partial charge on any atom is -0.457 e. The minimum atomic E-state index is -0.539. The number of aromatic nitrogens is 1. The van der Waals surface area contributed by atoms with Gasteiger partial charge in [-0.05, 0) is 43.3 Å². The molecular formula is C17H11N3O4. The van der Waals surface area contributed by atoms with Crippen molar-refractivity contribution in [2.75, 3.05) is 0 Å². The zero-order valence-electron chi connectivity index (χ0n) is 12.6. The molecule has 2 aromatic heterocycles. The monoisotopic (exact) mass is 321 g/mol. The lowest BCUT2D eigenvalue weighted by molar-refractivity contribution is -0.386. The van der Waals surface area contributed by atoms with E-state index in [1.165, 1.54) is 13.0 Å². The van der Waals surface area contributed by atoms with Gasteiger partial charge in [0.15, 0.2) is 5.69 Å². The lowest BCUT2D eigenvalue weighted by Crippen LogP contribution is -1.90. The lowest BCUT2D eigenvalue weighted by atomic mass is 10.1. The quantitative estimate of drug-likeness (QED) is 0.526. The highest BCUT2D eigenvalue weighted by molar-refractivity contribution is 5.72. The summed E-state index contributed by atoms with van der Waals surface area (Å²) in [5.41, 5.74) is 1.22. The van der Waals surface area contributed by atoms with Gasteiger partial charge in [-0.1, -0.05) is 17.3 Å². The van der Waals surface area contributed by atoms with Crippen molar-refractivity contribution in [3.8, 4) is 17.4 Å². The van der Waals surface area contributed by atoms with Crippen molar-refractivity contribution >= 4 is 17.8 Å². The van der Waals surface area contributed by atoms with Gasteiger partial charge in [0.2, 0.25) is 5.76 Å². The van der Waals surface area contributed by atoms with Crippen LogP contribution in [0.4, 0.5) is 5.69 Å². The molecule has 0 unspecified atom stereocenters. The number of hydrogen-bond acceptors (Lipinski definition) is 6. The first-order valence-electron chi connectivity index (χ1n) is 6.98. The van der Waals surface area contributed by atoms with Crippen LogP contribution in [0.1, 0.15) is 22.8 Å². The SMILES string of the molecule is Cc1noc(/C=C/c2ccc(-c3ccccc3C#N)o2)c1[N+](=O)[O-]. The van der Waals surface area contributed by atoms with Crippen LogP contribution in [0.2, 0.25) is 0 Å². The second-order valence-corrected chi connectivity index (χ2v) is 4.93. The van der Waals surface area contributed by atoms with E-state index < -0.39 is 4.92 Å². The fraction of sp³-hybridized carbons (Fsp3) is 0.0588. The maximum Gasteiger partial charge on any atom is 0.338 e. The molecule has 7 nitrogen and oxygen atoms in total. The van der Waals surface area contributed by atoms with Gasteiger partial charge < -0.3 is 8.94 Å². The number of nitrogens with zero attached hydrogens (tertiary/aromatic N) is 3. The number of furan rings is 1. The van der Waals surface area contributed by atoms with Crippen LogP contribution < -0.4 is 0 Å². The van der Waals surface area contributed by atoms with Gasteiger partial charge in [0, 0.05) is 5.56 Å². The van der Waals surface area contributed by atoms with Gasteiger partial charge in [-0.15, -0.1) is 0 Å². The Morgan fingerprint density at radius 2 is 2.04 bits per heavy atom. The highest BCUT2D eigenvalue weighted by Crippen LogP contribution is 2.28. The van der Waals surface area contributed by atoms with E-state index in [1.807, 2.05) is 6.07 Å². The second-order valence-electron chi connectivity index (χ2n) is 4.93. The summed E-state index contributed by atoms with van der Waals surface area (Å²) in [7, 11) is 0. The second kappa shape index (κ2) is 6.22. The number of rotatable bonds is 4. The van der Waals surface area contributed by atoms with E-state index >= 15 is 0 Å². The molecule has 118 valence electrons. The standard InChI is InChI=1S/C17H11N3O4/c1-11-17(20(21)22)16(24-19-11)9-7-13-6-8-15(23-13)14-5-3-2-4-12(14)10-18/h2-9H,1H3/b9-7+. The molecule has 0 N–H and O–H groups in total. The number of hydrogen-bond donors (Lipinski definition) is 0. The molecule has 2 heterocycles. The first-order chi connectivity index (χ1) is 11.6. The Balaban J connectivity index is 1.90. The van der Waals surface area contributed by atoms with Crippen molar-refractivity contribution in [1.29, 1.82) is 5.26 Å². The van der Waals surface area contributed by atoms with Gasteiger partial charge in [-0.25, -0.2) is 0 Å². The van der Waals surface area contributed by atoms with E-state index in [1.54, 1.807) is 36.4 Å². The van der Waals surface area contributed by atoms with Crippen LogP contribution >= 0.6 is 0 Å². The van der Waals surface area contributed by atoms with Gasteiger partial charge >= 0.3 is 5.69 Å². The van der Waals surface area contributed by atoms with Crippen LogP contribution in [0.25, 0.3) is 23.5 Å². The molecule has 3 aromatic rings. The maximum absolute atomic E-state index is 11.0. The molecule has 0 aliphatic rings. The predicted molar refractivity (Wildman–Crippen MR) is 85.7 cm³/mol. The Morgan fingerprint density at radius 3 is 2.79 bits per heavy atom. The first kappa shape index (κ1) is 15.2. The minimum absolute atomic E-state index is 0.0490. The molecule has 0 fully saturated rings. The fourth-order valence-electron chi connectivity index (χ4n) is 2.25. The summed E-state index contributed by atoms with van der Waals surface area (Å²) in [4.78, 5) is 10.5. The Hall–Kier alpha value is -3.66. The van der Waals surface area contributed by atoms with Crippen LogP contribution in [-0.2, 0) is 0 Å². The molecule has 0 spiro atoms. The molecule has 7 heteroatoms. The number of benzene rings is 1. The molecular weight excluding hydrogens is 310 g/mol. The van der Waals surface area contributed by atoms with Crippen molar-refractivity contribution in [3.05, 3.63) is 69.3 Å². The zero-order chi connectivity index (χ0) is 17.1. The Labute approximate surface area is 136 Å². The lowest BCUT2D eigenvalue weighted by Gasteiger charge is -1.98. The fourth-order valence-corrected chi connectivity index (χ4v) is 2.25. The number of aryl methyl sites for hydroxylation is 1. The van der Waals surface area contributed by atoms with Crippen LogP contribution in [0.5, 0.6) is 0 Å². The Bertz CT molecular complexity index is 976. The first-order valence-corrected chi connectivity index (χ1v) is 6.98. The van der Waals surface area contributed by atoms with Crippen molar-refractivity contribution < 1.29 is 13.9 Å².